The van der Waals surface area contributed by atoms with Crippen molar-refractivity contribution in [1.82, 2.24) is 14.8 Å². The lowest BCUT2D eigenvalue weighted by atomic mass is 10.1. The van der Waals surface area contributed by atoms with Crippen LogP contribution >= 0.6 is 11.3 Å². The lowest BCUT2D eigenvalue weighted by molar-refractivity contribution is 0.0526. The van der Waals surface area contributed by atoms with Crippen molar-refractivity contribution in [1.29, 1.82) is 0 Å². The fourth-order valence-electron chi connectivity index (χ4n) is 2.43. The minimum Gasteiger partial charge on any atom is -0.462 e. The molecule has 0 fully saturated rings. The first-order valence-corrected chi connectivity index (χ1v) is 8.72. The molecule has 2 heterocycles. The third-order valence-electron chi connectivity index (χ3n) is 3.77. The average Bonchev–Trinajstić information content (AvgIpc) is 3.18. The molecule has 0 saturated carbocycles. The number of esters is 1. The normalized spacial score (nSPS) is 10.9. The van der Waals surface area contributed by atoms with Crippen molar-refractivity contribution < 1.29 is 13.9 Å². The second-order valence-corrected chi connectivity index (χ2v) is 6.81. The minimum absolute atomic E-state index is 0.244. The van der Waals surface area contributed by atoms with E-state index in [1.165, 1.54) is 17.5 Å². The molecule has 0 unspecified atom stereocenters. The number of rotatable bonds is 5. The molecule has 0 radical (unpaired) electrons. The molecule has 2 aromatic heterocycles. The molecule has 0 aliphatic rings. The third kappa shape index (κ3) is 3.61. The van der Waals surface area contributed by atoms with Gasteiger partial charge in [0.2, 0.25) is 0 Å². The Labute approximate surface area is 149 Å². The van der Waals surface area contributed by atoms with Gasteiger partial charge in [-0.25, -0.2) is 14.2 Å². The summed E-state index contributed by atoms with van der Waals surface area (Å²) in [5.74, 6) is -0.641. The number of hydrogen-bond acceptors (Lipinski definition) is 5. The number of ether oxygens (including phenoxy) is 1. The summed E-state index contributed by atoms with van der Waals surface area (Å²) >= 11 is 1.45. The van der Waals surface area contributed by atoms with Gasteiger partial charge in [0.05, 0.1) is 30.6 Å². The predicted octanol–water partition coefficient (Wildman–Crippen LogP) is 3.99. The van der Waals surface area contributed by atoms with E-state index < -0.39 is 5.97 Å². The molecule has 0 saturated heterocycles. The van der Waals surface area contributed by atoms with E-state index in [1.807, 2.05) is 13.0 Å². The zero-order chi connectivity index (χ0) is 18.0. The number of thiazole rings is 1. The second-order valence-electron chi connectivity index (χ2n) is 5.61. The molecule has 0 aliphatic heterocycles. The van der Waals surface area contributed by atoms with Gasteiger partial charge >= 0.3 is 5.97 Å². The maximum Gasteiger partial charge on any atom is 0.341 e. The third-order valence-corrected chi connectivity index (χ3v) is 4.82. The van der Waals surface area contributed by atoms with Crippen LogP contribution in [0.3, 0.4) is 0 Å². The van der Waals surface area contributed by atoms with Crippen molar-refractivity contribution in [3.05, 3.63) is 58.1 Å². The number of benzene rings is 1. The largest absolute Gasteiger partial charge is 0.462 e. The molecular formula is C18H18FN3O2S. The van der Waals surface area contributed by atoms with Crippen LogP contribution in [-0.4, -0.2) is 27.3 Å². The highest BCUT2D eigenvalue weighted by molar-refractivity contribution is 7.15. The van der Waals surface area contributed by atoms with Crippen LogP contribution in [0.1, 0.15) is 33.4 Å². The van der Waals surface area contributed by atoms with Crippen LogP contribution in [0.2, 0.25) is 0 Å². The van der Waals surface area contributed by atoms with Crippen LogP contribution in [0.5, 0.6) is 0 Å². The number of aryl methyl sites for hydroxylation is 2. The van der Waals surface area contributed by atoms with Crippen LogP contribution in [0.15, 0.2) is 30.6 Å². The molecule has 1 aromatic carbocycles. The van der Waals surface area contributed by atoms with E-state index in [0.717, 1.165) is 10.6 Å². The van der Waals surface area contributed by atoms with Gasteiger partial charge in [-0.2, -0.15) is 5.10 Å². The quantitative estimate of drug-likeness (QED) is 0.647. The summed E-state index contributed by atoms with van der Waals surface area (Å²) < 4.78 is 20.9. The first-order chi connectivity index (χ1) is 12.0. The topological polar surface area (TPSA) is 57.0 Å². The molecule has 0 N–H and O–H groups in total. The Balaban J connectivity index is 1.84. The summed E-state index contributed by atoms with van der Waals surface area (Å²) in [5, 5.41) is 4.82. The van der Waals surface area contributed by atoms with Gasteiger partial charge < -0.3 is 4.74 Å². The first kappa shape index (κ1) is 17.3. The van der Waals surface area contributed by atoms with Crippen LogP contribution < -0.4 is 0 Å². The number of carbonyl (C=O) groups excluding carboxylic acids is 1. The van der Waals surface area contributed by atoms with Gasteiger partial charge in [0, 0.05) is 16.6 Å². The number of hydrogen-bond donors (Lipinski definition) is 0. The Kier molecular flexibility index (Phi) is 4.94. The summed E-state index contributed by atoms with van der Waals surface area (Å²) in [6.45, 7) is 6.17. The molecule has 0 spiro atoms. The van der Waals surface area contributed by atoms with Gasteiger partial charge in [-0.1, -0.05) is 12.1 Å². The van der Waals surface area contributed by atoms with Gasteiger partial charge in [-0.05, 0) is 32.4 Å². The highest BCUT2D eigenvalue weighted by Crippen LogP contribution is 2.31. The standard InChI is InChI=1S/C18H18FN3O2S/c1-4-24-18(23)13-8-20-22(9-13)10-15-12(3)25-17(21-15)14-7-5-6-11(2)16(14)19/h5-9H,4,10H2,1-3H3. The summed E-state index contributed by atoms with van der Waals surface area (Å²) in [6.07, 6.45) is 3.10. The Hall–Kier alpha value is -2.54. The van der Waals surface area contributed by atoms with Crippen LogP contribution in [0.25, 0.3) is 10.6 Å². The van der Waals surface area contributed by atoms with Gasteiger partial charge in [0.1, 0.15) is 10.8 Å². The fraction of sp³-hybridized carbons (Fsp3) is 0.278. The predicted molar refractivity (Wildman–Crippen MR) is 94.3 cm³/mol. The maximum absolute atomic E-state index is 14.3. The summed E-state index contributed by atoms with van der Waals surface area (Å²) in [5.41, 5.74) is 2.31. The molecule has 25 heavy (non-hydrogen) atoms. The number of halogens is 1. The molecule has 0 amide bonds. The van der Waals surface area contributed by atoms with E-state index in [4.69, 9.17) is 4.74 Å². The van der Waals surface area contributed by atoms with E-state index in [1.54, 1.807) is 36.9 Å². The van der Waals surface area contributed by atoms with E-state index in [9.17, 15) is 9.18 Å². The van der Waals surface area contributed by atoms with Gasteiger partial charge in [0.15, 0.2) is 0 Å². The van der Waals surface area contributed by atoms with Crippen molar-refractivity contribution in [3.63, 3.8) is 0 Å². The van der Waals surface area contributed by atoms with E-state index >= 15 is 0 Å². The molecule has 130 valence electrons. The zero-order valence-electron chi connectivity index (χ0n) is 14.2. The average molecular weight is 359 g/mol. The number of aromatic nitrogens is 3. The Morgan fingerprint density at radius 3 is 2.92 bits per heavy atom. The van der Waals surface area contributed by atoms with Crippen LogP contribution in [-0.2, 0) is 11.3 Å². The van der Waals surface area contributed by atoms with E-state index in [2.05, 4.69) is 10.1 Å². The monoisotopic (exact) mass is 359 g/mol. The maximum atomic E-state index is 14.3. The summed E-state index contributed by atoms with van der Waals surface area (Å²) in [4.78, 5) is 17.3. The van der Waals surface area contributed by atoms with Gasteiger partial charge in [0.25, 0.3) is 0 Å². The van der Waals surface area contributed by atoms with Gasteiger partial charge in [-0.15, -0.1) is 11.3 Å². The van der Waals surface area contributed by atoms with Crippen LogP contribution in [0.4, 0.5) is 4.39 Å². The lowest BCUT2D eigenvalue weighted by Crippen LogP contribution is -2.04. The van der Waals surface area contributed by atoms with Crippen molar-refractivity contribution in [2.45, 2.75) is 27.3 Å². The Morgan fingerprint density at radius 2 is 2.16 bits per heavy atom. The van der Waals surface area contributed by atoms with Crippen molar-refractivity contribution in [2.75, 3.05) is 6.61 Å². The molecule has 0 atom stereocenters. The zero-order valence-corrected chi connectivity index (χ0v) is 15.1. The highest BCUT2D eigenvalue weighted by atomic mass is 32.1. The summed E-state index contributed by atoms with van der Waals surface area (Å²) in [6, 6.07) is 5.29. The fourth-order valence-corrected chi connectivity index (χ4v) is 3.37. The van der Waals surface area contributed by atoms with E-state index in [0.29, 0.717) is 34.8 Å². The molecule has 7 heteroatoms. The Morgan fingerprint density at radius 1 is 1.36 bits per heavy atom. The SMILES string of the molecule is CCOC(=O)c1cnn(Cc2nc(-c3cccc(C)c3F)sc2C)c1. The molecule has 5 nitrogen and oxygen atoms in total. The molecule has 0 bridgehead atoms. The first-order valence-electron chi connectivity index (χ1n) is 7.91. The van der Waals surface area contributed by atoms with Crippen molar-refractivity contribution in [3.8, 4) is 10.6 Å². The number of carbonyl (C=O) groups is 1. The smallest absolute Gasteiger partial charge is 0.341 e. The lowest BCUT2D eigenvalue weighted by Gasteiger charge is -2.02. The minimum atomic E-state index is -0.397. The van der Waals surface area contributed by atoms with Crippen LogP contribution in [0, 0.1) is 19.7 Å². The second kappa shape index (κ2) is 7.14. The highest BCUT2D eigenvalue weighted by Gasteiger charge is 2.15. The summed E-state index contributed by atoms with van der Waals surface area (Å²) in [7, 11) is 0. The van der Waals surface area contributed by atoms with E-state index in [-0.39, 0.29) is 5.82 Å². The molecule has 3 rings (SSSR count). The Bertz CT molecular complexity index is 917. The van der Waals surface area contributed by atoms with Gasteiger partial charge in [-0.3, -0.25) is 4.68 Å². The van der Waals surface area contributed by atoms with Crippen molar-refractivity contribution >= 4 is 17.3 Å². The molecular weight excluding hydrogens is 341 g/mol. The molecule has 3 aromatic rings. The molecule has 0 aliphatic carbocycles. The number of nitrogens with zero attached hydrogens (tertiary/aromatic N) is 3. The van der Waals surface area contributed by atoms with Crippen molar-refractivity contribution in [2.24, 2.45) is 0 Å².